The lowest BCUT2D eigenvalue weighted by molar-refractivity contribution is -0.149. The van der Waals surface area contributed by atoms with Crippen molar-refractivity contribution >= 4 is 17.6 Å². The van der Waals surface area contributed by atoms with Gasteiger partial charge in [-0.2, -0.15) is 0 Å². The molecule has 0 bridgehead atoms. The summed E-state index contributed by atoms with van der Waals surface area (Å²) in [5, 5.41) is 2.72. The van der Waals surface area contributed by atoms with Crippen molar-refractivity contribution in [2.75, 3.05) is 18.5 Å². The van der Waals surface area contributed by atoms with Crippen molar-refractivity contribution < 1.29 is 19.1 Å². The normalized spacial score (nSPS) is 11.3. The molecular formula is C24H31NO4. The molecule has 2 rings (SSSR count). The Balaban J connectivity index is 1.82. The zero-order valence-corrected chi connectivity index (χ0v) is 18.2. The summed E-state index contributed by atoms with van der Waals surface area (Å²) in [6.45, 7) is 11.9. The summed E-state index contributed by atoms with van der Waals surface area (Å²) < 4.78 is 10.7. The van der Waals surface area contributed by atoms with Crippen molar-refractivity contribution in [1.82, 2.24) is 0 Å². The van der Waals surface area contributed by atoms with E-state index in [4.69, 9.17) is 9.47 Å². The Morgan fingerprint density at radius 3 is 2.24 bits per heavy atom. The standard InChI is InChI=1S/C24H31NO4/c1-16(2)20-12-7-17(3)13-21(20)28-15-23(27)29-14-22(26)25-19-10-8-18(9-11-19)24(4,5)6/h7-13,16H,14-15H2,1-6H3,(H,25,26). The van der Waals surface area contributed by atoms with E-state index in [9.17, 15) is 9.59 Å². The molecule has 0 heterocycles. The third kappa shape index (κ3) is 6.93. The molecule has 5 heteroatoms. The number of anilines is 1. The smallest absolute Gasteiger partial charge is 0.344 e. The fourth-order valence-electron chi connectivity index (χ4n) is 2.82. The number of aryl methyl sites for hydroxylation is 1. The second kappa shape index (κ2) is 9.59. The Hall–Kier alpha value is -2.82. The van der Waals surface area contributed by atoms with Crippen LogP contribution >= 0.6 is 0 Å². The van der Waals surface area contributed by atoms with Gasteiger partial charge >= 0.3 is 5.97 Å². The van der Waals surface area contributed by atoms with Crippen LogP contribution in [0.15, 0.2) is 42.5 Å². The quantitative estimate of drug-likeness (QED) is 0.670. The monoisotopic (exact) mass is 397 g/mol. The topological polar surface area (TPSA) is 64.6 Å². The molecule has 2 aromatic rings. The van der Waals surface area contributed by atoms with Crippen LogP contribution in [0.25, 0.3) is 0 Å². The van der Waals surface area contributed by atoms with E-state index in [-0.39, 0.29) is 30.5 Å². The average molecular weight is 398 g/mol. The van der Waals surface area contributed by atoms with Gasteiger partial charge in [0.25, 0.3) is 5.91 Å². The Labute approximate surface area is 173 Å². The Kier molecular flexibility index (Phi) is 7.43. The third-order valence-electron chi connectivity index (χ3n) is 4.54. The fraction of sp³-hybridized carbons (Fsp3) is 0.417. The molecule has 2 aromatic carbocycles. The van der Waals surface area contributed by atoms with Crippen LogP contribution in [-0.2, 0) is 19.7 Å². The van der Waals surface area contributed by atoms with Crippen molar-refractivity contribution in [2.24, 2.45) is 0 Å². The first-order valence-corrected chi connectivity index (χ1v) is 9.85. The highest BCUT2D eigenvalue weighted by atomic mass is 16.6. The number of esters is 1. The van der Waals surface area contributed by atoms with Gasteiger partial charge in [0.15, 0.2) is 13.2 Å². The molecule has 1 N–H and O–H groups in total. The highest BCUT2D eigenvalue weighted by Gasteiger charge is 2.14. The summed E-state index contributed by atoms with van der Waals surface area (Å²) in [5.41, 5.74) is 3.97. The average Bonchev–Trinajstić information content (AvgIpc) is 2.64. The molecule has 0 atom stereocenters. The van der Waals surface area contributed by atoms with Crippen LogP contribution in [-0.4, -0.2) is 25.1 Å². The van der Waals surface area contributed by atoms with E-state index in [2.05, 4.69) is 39.9 Å². The highest BCUT2D eigenvalue weighted by molar-refractivity contribution is 5.92. The maximum atomic E-state index is 12.0. The Morgan fingerprint density at radius 1 is 1.00 bits per heavy atom. The zero-order valence-electron chi connectivity index (χ0n) is 18.2. The van der Waals surface area contributed by atoms with Gasteiger partial charge in [-0.3, -0.25) is 4.79 Å². The fourth-order valence-corrected chi connectivity index (χ4v) is 2.82. The summed E-state index contributed by atoms with van der Waals surface area (Å²) in [6.07, 6.45) is 0. The minimum Gasteiger partial charge on any atom is -0.482 e. The molecule has 0 aliphatic heterocycles. The maximum Gasteiger partial charge on any atom is 0.344 e. The predicted molar refractivity (Wildman–Crippen MR) is 115 cm³/mol. The van der Waals surface area contributed by atoms with E-state index in [1.807, 2.05) is 49.4 Å². The zero-order chi connectivity index (χ0) is 21.6. The molecule has 0 spiro atoms. The van der Waals surface area contributed by atoms with Gasteiger partial charge < -0.3 is 14.8 Å². The second-order valence-electron chi connectivity index (χ2n) is 8.52. The summed E-state index contributed by atoms with van der Waals surface area (Å²) in [4.78, 5) is 24.0. The minimum absolute atomic E-state index is 0.0464. The van der Waals surface area contributed by atoms with Crippen molar-refractivity contribution in [3.05, 3.63) is 59.2 Å². The first-order chi connectivity index (χ1) is 13.6. The minimum atomic E-state index is -0.584. The first kappa shape index (κ1) is 22.5. The molecule has 156 valence electrons. The van der Waals surface area contributed by atoms with Gasteiger partial charge in [-0.05, 0) is 53.1 Å². The number of ether oxygens (including phenoxy) is 2. The molecule has 0 fully saturated rings. The summed E-state index contributed by atoms with van der Waals surface area (Å²) in [5.74, 6) is -0.0304. The molecule has 1 amide bonds. The number of carbonyl (C=O) groups is 2. The number of hydrogen-bond acceptors (Lipinski definition) is 4. The molecule has 0 radical (unpaired) electrons. The van der Waals surface area contributed by atoms with Crippen LogP contribution in [0, 0.1) is 6.92 Å². The summed E-state index contributed by atoms with van der Waals surface area (Å²) in [7, 11) is 0. The number of amides is 1. The van der Waals surface area contributed by atoms with Crippen molar-refractivity contribution in [1.29, 1.82) is 0 Å². The molecule has 0 aliphatic rings. The largest absolute Gasteiger partial charge is 0.482 e. The lowest BCUT2D eigenvalue weighted by Gasteiger charge is -2.19. The van der Waals surface area contributed by atoms with Gasteiger partial charge in [-0.1, -0.05) is 58.9 Å². The Bertz CT molecular complexity index is 848. The molecule has 5 nitrogen and oxygen atoms in total. The number of hydrogen-bond donors (Lipinski definition) is 1. The summed E-state index contributed by atoms with van der Waals surface area (Å²) >= 11 is 0. The second-order valence-corrected chi connectivity index (χ2v) is 8.52. The number of rotatable bonds is 7. The number of benzene rings is 2. The van der Waals surface area contributed by atoms with E-state index in [0.29, 0.717) is 11.4 Å². The van der Waals surface area contributed by atoms with Gasteiger partial charge in [-0.15, -0.1) is 0 Å². The molecular weight excluding hydrogens is 366 g/mol. The van der Waals surface area contributed by atoms with E-state index < -0.39 is 5.97 Å². The molecule has 0 aromatic heterocycles. The Morgan fingerprint density at radius 2 is 1.66 bits per heavy atom. The lowest BCUT2D eigenvalue weighted by Crippen LogP contribution is -2.24. The molecule has 0 saturated heterocycles. The number of nitrogens with one attached hydrogen (secondary N) is 1. The molecule has 29 heavy (non-hydrogen) atoms. The van der Waals surface area contributed by atoms with Crippen LogP contribution in [0.1, 0.15) is 57.2 Å². The van der Waals surface area contributed by atoms with E-state index in [1.54, 1.807) is 0 Å². The van der Waals surface area contributed by atoms with Gasteiger partial charge in [0.1, 0.15) is 5.75 Å². The van der Waals surface area contributed by atoms with Crippen LogP contribution in [0.5, 0.6) is 5.75 Å². The van der Waals surface area contributed by atoms with Crippen LogP contribution in [0.2, 0.25) is 0 Å². The van der Waals surface area contributed by atoms with Gasteiger partial charge in [0.05, 0.1) is 0 Å². The summed E-state index contributed by atoms with van der Waals surface area (Å²) in [6, 6.07) is 13.5. The highest BCUT2D eigenvalue weighted by Crippen LogP contribution is 2.27. The van der Waals surface area contributed by atoms with E-state index in [0.717, 1.165) is 11.1 Å². The van der Waals surface area contributed by atoms with Gasteiger partial charge in [0.2, 0.25) is 0 Å². The van der Waals surface area contributed by atoms with Crippen molar-refractivity contribution in [3.8, 4) is 5.75 Å². The van der Waals surface area contributed by atoms with Crippen LogP contribution in [0.3, 0.4) is 0 Å². The van der Waals surface area contributed by atoms with Crippen molar-refractivity contribution in [3.63, 3.8) is 0 Å². The maximum absolute atomic E-state index is 12.0. The van der Waals surface area contributed by atoms with Crippen molar-refractivity contribution in [2.45, 2.75) is 52.9 Å². The van der Waals surface area contributed by atoms with Crippen LogP contribution in [0.4, 0.5) is 5.69 Å². The van der Waals surface area contributed by atoms with Gasteiger partial charge in [-0.25, -0.2) is 4.79 Å². The van der Waals surface area contributed by atoms with E-state index in [1.165, 1.54) is 5.56 Å². The van der Waals surface area contributed by atoms with Gasteiger partial charge in [0, 0.05) is 5.69 Å². The SMILES string of the molecule is Cc1ccc(C(C)C)c(OCC(=O)OCC(=O)Nc2ccc(C(C)(C)C)cc2)c1. The molecule has 0 saturated carbocycles. The third-order valence-corrected chi connectivity index (χ3v) is 4.54. The number of carbonyl (C=O) groups excluding carboxylic acids is 2. The predicted octanol–water partition coefficient (Wildman–Crippen LogP) is 4.98. The molecule has 0 aliphatic carbocycles. The van der Waals surface area contributed by atoms with E-state index >= 15 is 0 Å². The first-order valence-electron chi connectivity index (χ1n) is 9.85. The van der Waals surface area contributed by atoms with Crippen LogP contribution < -0.4 is 10.1 Å². The lowest BCUT2D eigenvalue weighted by atomic mass is 9.87. The molecule has 0 unspecified atom stereocenters.